The second kappa shape index (κ2) is 6.28. The van der Waals surface area contributed by atoms with Crippen LogP contribution >= 0.6 is 0 Å². The van der Waals surface area contributed by atoms with Crippen molar-refractivity contribution in [2.24, 2.45) is 0 Å². The molecule has 2 aliphatic rings. The second-order valence-corrected chi connectivity index (χ2v) is 6.43. The zero-order valence-electron chi connectivity index (χ0n) is 13.5. The van der Waals surface area contributed by atoms with E-state index in [0.717, 1.165) is 37.2 Å². The first-order chi connectivity index (χ1) is 10.7. The number of hydrogen-bond acceptors (Lipinski definition) is 4. The van der Waals surface area contributed by atoms with Gasteiger partial charge in [0.05, 0.1) is 25.9 Å². The third-order valence-corrected chi connectivity index (χ3v) is 4.79. The van der Waals surface area contributed by atoms with E-state index in [0.29, 0.717) is 25.7 Å². The summed E-state index contributed by atoms with van der Waals surface area (Å²) in [6.07, 6.45) is 1.72. The minimum Gasteiger partial charge on any atom is -0.493 e. The number of nitriles is 1. The fourth-order valence-corrected chi connectivity index (χ4v) is 3.46. The topological polar surface area (TPSA) is 45.5 Å². The van der Waals surface area contributed by atoms with Crippen molar-refractivity contribution in [2.75, 3.05) is 32.9 Å². The minimum absolute atomic E-state index is 0.439. The first kappa shape index (κ1) is 15.3. The van der Waals surface area contributed by atoms with E-state index < -0.39 is 5.54 Å². The van der Waals surface area contributed by atoms with Gasteiger partial charge in [0.15, 0.2) is 0 Å². The third-order valence-electron chi connectivity index (χ3n) is 4.79. The van der Waals surface area contributed by atoms with Crippen LogP contribution in [0, 0.1) is 11.3 Å². The van der Waals surface area contributed by atoms with Crippen molar-refractivity contribution in [2.45, 2.75) is 38.1 Å². The molecule has 1 fully saturated rings. The number of fused-ring (bicyclic) bond motifs is 1. The predicted molar refractivity (Wildman–Crippen MR) is 84.9 cm³/mol. The Labute approximate surface area is 132 Å². The molecule has 0 spiro atoms. The Bertz CT molecular complexity index is 573. The summed E-state index contributed by atoms with van der Waals surface area (Å²) in [5.41, 5.74) is 1.72. The lowest BCUT2D eigenvalue weighted by atomic mass is 9.83. The summed E-state index contributed by atoms with van der Waals surface area (Å²) in [7, 11) is 0. The molecule has 1 aromatic rings. The van der Waals surface area contributed by atoms with Gasteiger partial charge < -0.3 is 9.47 Å². The fraction of sp³-hybridized carbons (Fsp3) is 0.611. The number of benzene rings is 1. The van der Waals surface area contributed by atoms with Crippen LogP contribution in [0.3, 0.4) is 0 Å². The van der Waals surface area contributed by atoms with Gasteiger partial charge >= 0.3 is 0 Å². The predicted octanol–water partition coefficient (Wildman–Crippen LogP) is 3.03. The number of nitrogens with zero attached hydrogens (tertiary/aromatic N) is 2. The van der Waals surface area contributed by atoms with Crippen LogP contribution in [-0.2, 0) is 10.3 Å². The Kier molecular flexibility index (Phi) is 4.37. The number of ether oxygens (including phenoxy) is 2. The zero-order valence-corrected chi connectivity index (χ0v) is 13.5. The molecule has 0 aromatic heterocycles. The highest BCUT2D eigenvalue weighted by atomic mass is 16.5. The Morgan fingerprint density at radius 3 is 2.68 bits per heavy atom. The number of hydrogen-bond donors (Lipinski definition) is 0. The van der Waals surface area contributed by atoms with Crippen LogP contribution in [0.25, 0.3) is 0 Å². The molecule has 22 heavy (non-hydrogen) atoms. The Hall–Kier alpha value is -1.57. The van der Waals surface area contributed by atoms with E-state index >= 15 is 0 Å². The summed E-state index contributed by atoms with van der Waals surface area (Å²) < 4.78 is 11.4. The van der Waals surface area contributed by atoms with Gasteiger partial charge in [0.25, 0.3) is 0 Å². The molecule has 0 saturated carbocycles. The average Bonchev–Trinajstić information content (AvgIpc) is 2.75. The molecule has 0 amide bonds. The van der Waals surface area contributed by atoms with E-state index in [4.69, 9.17) is 9.47 Å². The molecule has 1 unspecified atom stereocenters. The molecule has 4 nitrogen and oxygen atoms in total. The maximum atomic E-state index is 10.1. The summed E-state index contributed by atoms with van der Waals surface area (Å²) in [5, 5.41) is 10.1. The van der Waals surface area contributed by atoms with Crippen LogP contribution in [0.5, 0.6) is 5.75 Å². The molecule has 0 bridgehead atoms. The van der Waals surface area contributed by atoms with Crippen molar-refractivity contribution < 1.29 is 9.47 Å². The zero-order chi connectivity index (χ0) is 15.6. The highest BCUT2D eigenvalue weighted by Gasteiger charge is 2.42. The van der Waals surface area contributed by atoms with Crippen molar-refractivity contribution in [1.82, 2.24) is 4.90 Å². The SMILES string of the molecule is CC(C)c1ccc2c(c1)C(C#N)(N1CCOCC1)CCCO2. The smallest absolute Gasteiger partial charge is 0.138 e. The second-order valence-electron chi connectivity index (χ2n) is 6.43. The largest absolute Gasteiger partial charge is 0.493 e. The maximum Gasteiger partial charge on any atom is 0.138 e. The molecule has 0 aliphatic carbocycles. The average molecular weight is 300 g/mol. The van der Waals surface area contributed by atoms with Crippen LogP contribution in [0.4, 0.5) is 0 Å². The highest BCUT2D eigenvalue weighted by molar-refractivity contribution is 5.47. The lowest BCUT2D eigenvalue weighted by molar-refractivity contribution is -0.00765. The summed E-state index contributed by atoms with van der Waals surface area (Å²) in [5.74, 6) is 1.31. The molecular formula is C18H24N2O2. The molecule has 0 radical (unpaired) electrons. The van der Waals surface area contributed by atoms with Gasteiger partial charge in [-0.05, 0) is 36.5 Å². The van der Waals surface area contributed by atoms with Crippen molar-refractivity contribution in [1.29, 1.82) is 5.26 Å². The summed E-state index contributed by atoms with van der Waals surface area (Å²) in [6.45, 7) is 8.05. The first-order valence-electron chi connectivity index (χ1n) is 8.18. The van der Waals surface area contributed by atoms with E-state index in [9.17, 15) is 5.26 Å². The molecule has 118 valence electrons. The normalized spacial score (nSPS) is 25.9. The molecule has 1 aromatic carbocycles. The van der Waals surface area contributed by atoms with Crippen molar-refractivity contribution in [3.63, 3.8) is 0 Å². The molecule has 2 aliphatic heterocycles. The van der Waals surface area contributed by atoms with Crippen molar-refractivity contribution in [3.05, 3.63) is 29.3 Å². The quantitative estimate of drug-likeness (QED) is 0.842. The van der Waals surface area contributed by atoms with Crippen molar-refractivity contribution >= 4 is 0 Å². The molecule has 4 heteroatoms. The summed E-state index contributed by atoms with van der Waals surface area (Å²) >= 11 is 0. The Morgan fingerprint density at radius 2 is 2.00 bits per heavy atom. The Balaban J connectivity index is 2.10. The van der Waals surface area contributed by atoms with E-state index in [-0.39, 0.29) is 0 Å². The highest BCUT2D eigenvalue weighted by Crippen LogP contribution is 2.42. The molecule has 3 rings (SSSR count). The van der Waals surface area contributed by atoms with Crippen LogP contribution in [0.2, 0.25) is 0 Å². The number of rotatable bonds is 2. The number of morpholine rings is 1. The third kappa shape index (κ3) is 2.60. The lowest BCUT2D eigenvalue weighted by Crippen LogP contribution is -2.50. The molecule has 2 heterocycles. The van der Waals surface area contributed by atoms with E-state index in [1.54, 1.807) is 0 Å². The molecular weight excluding hydrogens is 276 g/mol. The molecule has 1 saturated heterocycles. The van der Waals surface area contributed by atoms with Gasteiger partial charge in [0, 0.05) is 18.7 Å². The minimum atomic E-state index is -0.583. The van der Waals surface area contributed by atoms with Crippen LogP contribution in [0.15, 0.2) is 18.2 Å². The van der Waals surface area contributed by atoms with Gasteiger partial charge in [-0.1, -0.05) is 19.9 Å². The monoisotopic (exact) mass is 300 g/mol. The standard InChI is InChI=1S/C18H24N2O2/c1-14(2)15-4-5-17-16(12-15)18(13-19,6-3-9-22-17)20-7-10-21-11-8-20/h4-5,12,14H,3,6-11H2,1-2H3. The lowest BCUT2D eigenvalue weighted by Gasteiger charge is -2.41. The molecule has 0 N–H and O–H groups in total. The summed E-state index contributed by atoms with van der Waals surface area (Å²) in [6, 6.07) is 8.99. The van der Waals surface area contributed by atoms with E-state index in [2.05, 4.69) is 36.9 Å². The van der Waals surface area contributed by atoms with Gasteiger partial charge in [0.1, 0.15) is 11.3 Å². The van der Waals surface area contributed by atoms with Crippen LogP contribution < -0.4 is 4.74 Å². The fourth-order valence-electron chi connectivity index (χ4n) is 3.46. The van der Waals surface area contributed by atoms with Gasteiger partial charge in [0.2, 0.25) is 0 Å². The van der Waals surface area contributed by atoms with Crippen LogP contribution in [-0.4, -0.2) is 37.8 Å². The van der Waals surface area contributed by atoms with Gasteiger partial charge in [-0.25, -0.2) is 0 Å². The van der Waals surface area contributed by atoms with Crippen LogP contribution in [0.1, 0.15) is 43.7 Å². The van der Waals surface area contributed by atoms with Gasteiger partial charge in [-0.2, -0.15) is 5.26 Å². The van der Waals surface area contributed by atoms with E-state index in [1.807, 2.05) is 6.07 Å². The van der Waals surface area contributed by atoms with Crippen molar-refractivity contribution in [3.8, 4) is 11.8 Å². The molecule has 1 atom stereocenters. The van der Waals surface area contributed by atoms with Gasteiger partial charge in [-0.15, -0.1) is 0 Å². The first-order valence-corrected chi connectivity index (χ1v) is 8.18. The Morgan fingerprint density at radius 1 is 1.23 bits per heavy atom. The summed E-state index contributed by atoms with van der Waals surface area (Å²) in [4.78, 5) is 2.29. The van der Waals surface area contributed by atoms with E-state index in [1.165, 1.54) is 5.56 Å². The maximum absolute atomic E-state index is 10.1. The van der Waals surface area contributed by atoms with Gasteiger partial charge in [-0.3, -0.25) is 4.90 Å².